The van der Waals surface area contributed by atoms with Gasteiger partial charge in [0.25, 0.3) is 0 Å². The third kappa shape index (κ3) is 4.15. The van der Waals surface area contributed by atoms with Crippen LogP contribution in [0.15, 0.2) is 72.8 Å². The Morgan fingerprint density at radius 1 is 0.971 bits per heavy atom. The third-order valence-corrected chi connectivity index (χ3v) is 6.36. The van der Waals surface area contributed by atoms with Crippen molar-refractivity contribution in [2.75, 3.05) is 0 Å². The molecule has 1 aliphatic carbocycles. The largest absolute Gasteiger partial charge is 0.478 e. The van der Waals surface area contributed by atoms with E-state index in [1.54, 1.807) is 24.3 Å². The summed E-state index contributed by atoms with van der Waals surface area (Å²) in [5.74, 6) is -1.88. The summed E-state index contributed by atoms with van der Waals surface area (Å²) < 4.78 is 29.4. The van der Waals surface area contributed by atoms with Crippen LogP contribution in [0.5, 0.6) is 0 Å². The highest BCUT2D eigenvalue weighted by atomic mass is 19.1. The Morgan fingerprint density at radius 2 is 1.71 bits per heavy atom. The second-order valence-electron chi connectivity index (χ2n) is 8.46. The molecule has 1 aliphatic rings. The van der Waals surface area contributed by atoms with E-state index in [0.717, 1.165) is 47.6 Å². The molecule has 2 N–H and O–H groups in total. The molecule has 1 saturated carbocycles. The molecule has 4 aromatic rings. The monoisotopic (exact) mass is 456 g/mol. The highest BCUT2D eigenvalue weighted by Crippen LogP contribution is 2.45. The molecule has 0 radical (unpaired) electrons. The summed E-state index contributed by atoms with van der Waals surface area (Å²) in [5, 5.41) is 15.6. The zero-order valence-corrected chi connectivity index (χ0v) is 18.3. The van der Waals surface area contributed by atoms with E-state index < -0.39 is 17.7 Å². The highest BCUT2D eigenvalue weighted by molar-refractivity contribution is 6.01. The Hall–Kier alpha value is -4.06. The lowest BCUT2D eigenvalue weighted by Crippen LogP contribution is -2.15. The number of benzene rings is 3. The molecular formula is C28H22F2N2O2. The number of fused-ring (bicyclic) bond motifs is 1. The molecule has 5 rings (SSSR count). The second kappa shape index (κ2) is 9.06. The van der Waals surface area contributed by atoms with Crippen LogP contribution in [-0.4, -0.2) is 21.3 Å². The molecule has 0 saturated heterocycles. The molecule has 0 unspecified atom stereocenters. The van der Waals surface area contributed by atoms with Crippen LogP contribution >= 0.6 is 0 Å². The maximum Gasteiger partial charge on any atom is 0.328 e. The summed E-state index contributed by atoms with van der Waals surface area (Å²) in [6, 6.07) is 20.2. The molecule has 34 heavy (non-hydrogen) atoms. The fraction of sp³-hybridized carbons (Fsp3) is 0.143. The molecule has 6 heteroatoms. The molecule has 4 nitrogen and oxygen atoms in total. The van der Waals surface area contributed by atoms with Crippen molar-refractivity contribution in [3.05, 3.63) is 107 Å². The van der Waals surface area contributed by atoms with Gasteiger partial charge in [0.15, 0.2) is 0 Å². The van der Waals surface area contributed by atoms with E-state index >= 15 is 4.39 Å². The number of rotatable bonds is 6. The van der Waals surface area contributed by atoms with Crippen molar-refractivity contribution >= 4 is 34.1 Å². The predicted molar refractivity (Wildman–Crippen MR) is 129 cm³/mol. The maximum atomic E-state index is 15.1. The van der Waals surface area contributed by atoms with E-state index in [1.165, 1.54) is 12.1 Å². The number of H-pyrrole nitrogens is 1. The number of carboxylic acids is 1. The first-order valence-electron chi connectivity index (χ1n) is 11.2. The standard InChI is InChI=1S/C28H22F2N2O2/c29-23-16-21(10-9-17(23)12-14-25(33)34)27(20-11-13-24-22(15-20)28(30)32-31-24)26(19-7-4-8-19)18-5-2-1-3-6-18/h1-3,5-6,9-16,19H,4,7-8H2,(H,31,32)(H,33,34)/b14-12+,27-26?. The van der Waals surface area contributed by atoms with Crippen LogP contribution in [0.4, 0.5) is 8.78 Å². The maximum absolute atomic E-state index is 15.1. The lowest BCUT2D eigenvalue weighted by Gasteiger charge is -2.31. The summed E-state index contributed by atoms with van der Waals surface area (Å²) in [5.41, 5.74) is 5.11. The van der Waals surface area contributed by atoms with E-state index in [2.05, 4.69) is 10.2 Å². The average molecular weight is 456 g/mol. The molecule has 1 aromatic heterocycles. The minimum absolute atomic E-state index is 0.187. The van der Waals surface area contributed by atoms with Gasteiger partial charge in [-0.1, -0.05) is 55.0 Å². The van der Waals surface area contributed by atoms with Gasteiger partial charge in [-0.3, -0.25) is 5.10 Å². The minimum Gasteiger partial charge on any atom is -0.478 e. The van der Waals surface area contributed by atoms with Gasteiger partial charge in [-0.25, -0.2) is 9.18 Å². The van der Waals surface area contributed by atoms with Crippen molar-refractivity contribution in [3.8, 4) is 0 Å². The van der Waals surface area contributed by atoms with Crippen LogP contribution < -0.4 is 0 Å². The number of carbonyl (C=O) groups is 1. The third-order valence-electron chi connectivity index (χ3n) is 6.36. The van der Waals surface area contributed by atoms with Crippen LogP contribution in [0.2, 0.25) is 0 Å². The zero-order valence-electron chi connectivity index (χ0n) is 18.3. The van der Waals surface area contributed by atoms with E-state index in [9.17, 15) is 9.18 Å². The molecular weight excluding hydrogens is 434 g/mol. The normalized spacial score (nSPS) is 14.9. The van der Waals surface area contributed by atoms with E-state index in [0.29, 0.717) is 22.4 Å². The number of aromatic amines is 1. The first-order chi connectivity index (χ1) is 16.5. The van der Waals surface area contributed by atoms with Crippen LogP contribution in [-0.2, 0) is 4.79 Å². The van der Waals surface area contributed by atoms with Gasteiger partial charge in [-0.2, -0.15) is 9.49 Å². The molecule has 0 aliphatic heterocycles. The molecule has 0 bridgehead atoms. The smallest absolute Gasteiger partial charge is 0.328 e. The number of aliphatic carboxylic acids is 1. The quantitative estimate of drug-likeness (QED) is 0.251. The second-order valence-corrected chi connectivity index (χ2v) is 8.46. The van der Waals surface area contributed by atoms with Crippen molar-refractivity contribution < 1.29 is 18.7 Å². The number of aromatic nitrogens is 2. The van der Waals surface area contributed by atoms with Crippen molar-refractivity contribution in [1.29, 1.82) is 0 Å². The van der Waals surface area contributed by atoms with Gasteiger partial charge >= 0.3 is 5.97 Å². The Balaban J connectivity index is 1.76. The van der Waals surface area contributed by atoms with E-state index in [1.807, 2.05) is 36.4 Å². The Morgan fingerprint density at radius 3 is 2.38 bits per heavy atom. The topological polar surface area (TPSA) is 66.0 Å². The summed E-state index contributed by atoms with van der Waals surface area (Å²) in [6.45, 7) is 0. The Bertz CT molecular complexity index is 1430. The van der Waals surface area contributed by atoms with Gasteiger partial charge < -0.3 is 5.11 Å². The number of nitrogens with one attached hydrogen (secondary N) is 1. The molecule has 1 fully saturated rings. The Labute approximate surface area is 195 Å². The number of allylic oxidation sites excluding steroid dienone is 1. The van der Waals surface area contributed by atoms with Gasteiger partial charge in [0.05, 0.1) is 10.9 Å². The number of hydrogen-bond donors (Lipinski definition) is 2. The van der Waals surface area contributed by atoms with Crippen LogP contribution in [0.3, 0.4) is 0 Å². The van der Waals surface area contributed by atoms with E-state index in [4.69, 9.17) is 5.11 Å². The molecule has 170 valence electrons. The van der Waals surface area contributed by atoms with Crippen molar-refractivity contribution in [2.24, 2.45) is 5.92 Å². The van der Waals surface area contributed by atoms with Crippen LogP contribution in [0.1, 0.15) is 41.5 Å². The Kier molecular flexibility index (Phi) is 5.80. The van der Waals surface area contributed by atoms with Crippen LogP contribution in [0.25, 0.3) is 28.1 Å². The fourth-order valence-electron chi connectivity index (χ4n) is 4.49. The zero-order chi connectivity index (χ0) is 23.7. The summed E-state index contributed by atoms with van der Waals surface area (Å²) in [6.07, 6.45) is 5.32. The van der Waals surface area contributed by atoms with Gasteiger partial charge in [0, 0.05) is 11.6 Å². The molecule has 1 heterocycles. The fourth-order valence-corrected chi connectivity index (χ4v) is 4.49. The van der Waals surface area contributed by atoms with Crippen LogP contribution in [0, 0.1) is 17.7 Å². The summed E-state index contributed by atoms with van der Waals surface area (Å²) >= 11 is 0. The van der Waals surface area contributed by atoms with Crippen molar-refractivity contribution in [1.82, 2.24) is 10.2 Å². The van der Waals surface area contributed by atoms with E-state index in [-0.39, 0.29) is 5.56 Å². The molecule has 0 atom stereocenters. The summed E-state index contributed by atoms with van der Waals surface area (Å²) in [7, 11) is 0. The lowest BCUT2D eigenvalue weighted by atomic mass is 9.73. The van der Waals surface area contributed by atoms with Gasteiger partial charge in [0.1, 0.15) is 5.82 Å². The number of carboxylic acid groups (broad SMARTS) is 1. The molecule has 3 aromatic carbocycles. The SMILES string of the molecule is O=C(O)/C=C/c1ccc(C(=C(c2ccccc2)C2CCC2)c2ccc3n[nH]c(F)c3c2)cc1F. The molecule has 0 spiro atoms. The lowest BCUT2D eigenvalue weighted by molar-refractivity contribution is -0.131. The number of halogens is 2. The minimum atomic E-state index is -1.14. The average Bonchev–Trinajstić information content (AvgIpc) is 3.17. The van der Waals surface area contributed by atoms with Crippen molar-refractivity contribution in [2.45, 2.75) is 19.3 Å². The first kappa shape index (κ1) is 21.8. The molecule has 0 amide bonds. The van der Waals surface area contributed by atoms with Crippen molar-refractivity contribution in [3.63, 3.8) is 0 Å². The number of nitrogens with zero attached hydrogens (tertiary/aromatic N) is 1. The van der Waals surface area contributed by atoms with Gasteiger partial charge in [-0.15, -0.1) is 0 Å². The summed E-state index contributed by atoms with van der Waals surface area (Å²) in [4.78, 5) is 10.9. The van der Waals surface area contributed by atoms with Gasteiger partial charge in [0.2, 0.25) is 5.95 Å². The predicted octanol–water partition coefficient (Wildman–Crippen LogP) is 6.70. The highest BCUT2D eigenvalue weighted by Gasteiger charge is 2.27. The number of hydrogen-bond acceptors (Lipinski definition) is 2. The first-order valence-corrected chi connectivity index (χ1v) is 11.2. The van der Waals surface area contributed by atoms with Gasteiger partial charge in [-0.05, 0) is 70.9 Å².